The Morgan fingerprint density at radius 2 is 1.78 bits per heavy atom. The summed E-state index contributed by atoms with van der Waals surface area (Å²) in [4.78, 5) is 11.4. The first-order valence-corrected chi connectivity index (χ1v) is 8.28. The average Bonchev–Trinajstić information content (AvgIpc) is 2.45. The van der Waals surface area contributed by atoms with Gasteiger partial charge in [0.25, 0.3) is 0 Å². The number of halogens is 2. The SMILES string of the molecule is CCOP(=O)(OCC)Oc1c(F)cc2c(C)cc(=O)oc2c1F. The minimum absolute atomic E-state index is 0.0533. The van der Waals surface area contributed by atoms with Crippen LogP contribution in [-0.4, -0.2) is 13.2 Å². The van der Waals surface area contributed by atoms with Gasteiger partial charge in [0.1, 0.15) is 0 Å². The molecule has 0 aliphatic heterocycles. The van der Waals surface area contributed by atoms with Gasteiger partial charge < -0.3 is 8.94 Å². The van der Waals surface area contributed by atoms with Crippen molar-refractivity contribution in [3.05, 3.63) is 39.8 Å². The van der Waals surface area contributed by atoms with Gasteiger partial charge in [-0.1, -0.05) is 0 Å². The van der Waals surface area contributed by atoms with E-state index in [1.165, 1.54) is 20.8 Å². The number of fused-ring (bicyclic) bond motifs is 1. The van der Waals surface area contributed by atoms with Gasteiger partial charge in [-0.15, -0.1) is 0 Å². The lowest BCUT2D eigenvalue weighted by atomic mass is 10.1. The molecule has 0 radical (unpaired) electrons. The number of phosphoric ester groups is 1. The highest BCUT2D eigenvalue weighted by atomic mass is 31.2. The van der Waals surface area contributed by atoms with Crippen molar-refractivity contribution >= 4 is 18.8 Å². The number of aryl methyl sites for hydroxylation is 1. The molecule has 0 saturated heterocycles. The second-order valence-corrected chi connectivity index (χ2v) is 6.09. The largest absolute Gasteiger partial charge is 0.530 e. The summed E-state index contributed by atoms with van der Waals surface area (Å²) in [7, 11) is -4.20. The third-order valence-corrected chi connectivity index (χ3v) is 4.43. The predicted octanol–water partition coefficient (Wildman–Crippen LogP) is 3.94. The van der Waals surface area contributed by atoms with Crippen LogP contribution in [0.25, 0.3) is 11.0 Å². The Bertz CT molecular complexity index is 822. The van der Waals surface area contributed by atoms with Gasteiger partial charge in [0.05, 0.1) is 13.2 Å². The summed E-state index contributed by atoms with van der Waals surface area (Å²) >= 11 is 0. The molecule has 2 rings (SSSR count). The van der Waals surface area contributed by atoms with E-state index in [0.29, 0.717) is 5.56 Å². The van der Waals surface area contributed by atoms with Crippen LogP contribution in [0.4, 0.5) is 8.78 Å². The second-order valence-electron chi connectivity index (χ2n) is 4.50. The van der Waals surface area contributed by atoms with Crippen LogP contribution in [0.15, 0.2) is 21.3 Å². The number of hydrogen-bond donors (Lipinski definition) is 0. The molecule has 1 aromatic heterocycles. The fourth-order valence-corrected chi connectivity index (χ4v) is 3.17. The molecule has 1 heterocycles. The third-order valence-electron chi connectivity index (χ3n) is 2.87. The van der Waals surface area contributed by atoms with Gasteiger partial charge in [0.2, 0.25) is 11.6 Å². The van der Waals surface area contributed by atoms with Gasteiger partial charge in [-0.2, -0.15) is 4.39 Å². The van der Waals surface area contributed by atoms with E-state index >= 15 is 0 Å². The van der Waals surface area contributed by atoms with Gasteiger partial charge >= 0.3 is 13.4 Å². The summed E-state index contributed by atoms with van der Waals surface area (Å²) in [5.41, 5.74) is -0.964. The molecule has 9 heteroatoms. The molecule has 0 N–H and O–H groups in total. The summed E-state index contributed by atoms with van der Waals surface area (Å²) < 4.78 is 60.1. The van der Waals surface area contributed by atoms with Crippen LogP contribution < -0.4 is 10.1 Å². The van der Waals surface area contributed by atoms with Crippen LogP contribution >= 0.6 is 7.82 Å². The Morgan fingerprint density at radius 3 is 2.35 bits per heavy atom. The van der Waals surface area contributed by atoms with E-state index in [-0.39, 0.29) is 18.6 Å². The smallest absolute Gasteiger partial charge is 0.419 e. The molecule has 126 valence electrons. The Labute approximate surface area is 130 Å². The van der Waals surface area contributed by atoms with Crippen molar-refractivity contribution in [3.63, 3.8) is 0 Å². The summed E-state index contributed by atoms with van der Waals surface area (Å²) in [5.74, 6) is -3.40. The van der Waals surface area contributed by atoms with Crippen molar-refractivity contribution in [2.24, 2.45) is 0 Å². The van der Waals surface area contributed by atoms with Crippen molar-refractivity contribution in [2.45, 2.75) is 20.8 Å². The van der Waals surface area contributed by atoms with E-state index in [1.807, 2.05) is 0 Å². The van der Waals surface area contributed by atoms with Gasteiger partial charge in [0.15, 0.2) is 11.4 Å². The average molecular weight is 348 g/mol. The highest BCUT2D eigenvalue weighted by molar-refractivity contribution is 7.48. The molecule has 0 amide bonds. The van der Waals surface area contributed by atoms with Crippen molar-refractivity contribution in [2.75, 3.05) is 13.2 Å². The van der Waals surface area contributed by atoms with E-state index in [9.17, 15) is 18.1 Å². The monoisotopic (exact) mass is 348 g/mol. The number of benzene rings is 1. The first kappa shape index (κ1) is 17.6. The highest BCUT2D eigenvalue weighted by Crippen LogP contribution is 2.51. The first-order chi connectivity index (χ1) is 10.8. The molecule has 2 aromatic rings. The van der Waals surface area contributed by atoms with Crippen molar-refractivity contribution < 1.29 is 31.3 Å². The van der Waals surface area contributed by atoms with Crippen molar-refractivity contribution in [1.82, 2.24) is 0 Å². The van der Waals surface area contributed by atoms with E-state index < -0.39 is 36.4 Å². The molecule has 0 atom stereocenters. The quantitative estimate of drug-likeness (QED) is 0.581. The lowest BCUT2D eigenvalue weighted by molar-refractivity contribution is 0.164. The molecule has 0 unspecified atom stereocenters. The van der Waals surface area contributed by atoms with Crippen LogP contribution in [-0.2, 0) is 13.6 Å². The zero-order valence-corrected chi connectivity index (χ0v) is 13.6. The second kappa shape index (κ2) is 6.78. The number of rotatable bonds is 6. The predicted molar refractivity (Wildman–Crippen MR) is 78.6 cm³/mol. The van der Waals surface area contributed by atoms with E-state index in [4.69, 9.17) is 18.0 Å². The molecular weight excluding hydrogens is 333 g/mol. The molecule has 6 nitrogen and oxygen atoms in total. The minimum atomic E-state index is -4.20. The molecular formula is C14H15F2O6P. The lowest BCUT2D eigenvalue weighted by Crippen LogP contribution is -2.06. The first-order valence-electron chi connectivity index (χ1n) is 6.82. The molecule has 0 aliphatic carbocycles. The van der Waals surface area contributed by atoms with E-state index in [0.717, 1.165) is 12.1 Å². The molecule has 0 bridgehead atoms. The lowest BCUT2D eigenvalue weighted by Gasteiger charge is -2.18. The zero-order chi connectivity index (χ0) is 17.2. The summed E-state index contributed by atoms with van der Waals surface area (Å²) in [6.45, 7) is 4.43. The maximum atomic E-state index is 14.5. The summed E-state index contributed by atoms with van der Waals surface area (Å²) in [6, 6.07) is 2.03. The van der Waals surface area contributed by atoms with E-state index in [1.54, 1.807) is 0 Å². The minimum Gasteiger partial charge on any atom is -0.419 e. The van der Waals surface area contributed by atoms with Crippen LogP contribution in [0.3, 0.4) is 0 Å². The van der Waals surface area contributed by atoms with Crippen molar-refractivity contribution in [1.29, 1.82) is 0 Å². The summed E-state index contributed by atoms with van der Waals surface area (Å²) in [6.07, 6.45) is 0. The Kier molecular flexibility index (Phi) is 5.19. The van der Waals surface area contributed by atoms with Crippen molar-refractivity contribution in [3.8, 4) is 5.75 Å². The fraction of sp³-hybridized carbons (Fsp3) is 0.357. The van der Waals surface area contributed by atoms with Crippen LogP contribution in [0, 0.1) is 18.6 Å². The topological polar surface area (TPSA) is 75.0 Å². The zero-order valence-electron chi connectivity index (χ0n) is 12.7. The Morgan fingerprint density at radius 1 is 1.17 bits per heavy atom. The van der Waals surface area contributed by atoms with E-state index in [2.05, 4.69) is 0 Å². The maximum Gasteiger partial charge on any atom is 0.530 e. The maximum absolute atomic E-state index is 14.5. The highest BCUT2D eigenvalue weighted by Gasteiger charge is 2.32. The molecule has 1 aromatic carbocycles. The Balaban J connectivity index is 2.61. The summed E-state index contributed by atoms with van der Waals surface area (Å²) in [5, 5.41) is 0.0644. The molecule has 0 saturated carbocycles. The fourth-order valence-electron chi connectivity index (χ4n) is 1.96. The molecule has 23 heavy (non-hydrogen) atoms. The van der Waals surface area contributed by atoms with Gasteiger partial charge in [-0.3, -0.25) is 9.05 Å². The molecule has 0 aliphatic rings. The number of hydrogen-bond acceptors (Lipinski definition) is 6. The van der Waals surface area contributed by atoms with Gasteiger partial charge in [0, 0.05) is 11.5 Å². The van der Waals surface area contributed by atoms with Gasteiger partial charge in [-0.25, -0.2) is 13.8 Å². The van der Waals surface area contributed by atoms with Crippen LogP contribution in [0.5, 0.6) is 5.75 Å². The molecule has 0 spiro atoms. The number of phosphoric acid groups is 1. The van der Waals surface area contributed by atoms with Gasteiger partial charge in [-0.05, 0) is 32.4 Å². The van der Waals surface area contributed by atoms with Crippen LogP contribution in [0.1, 0.15) is 19.4 Å². The third kappa shape index (κ3) is 3.60. The standard InChI is InChI=1S/C14H15F2O6P/c1-4-19-23(18,20-5-2)22-14-10(15)7-9-8(3)6-11(17)21-13(9)12(14)16/h6-7H,4-5H2,1-3H3. The normalized spacial score (nSPS) is 11.9. The van der Waals surface area contributed by atoms with Crippen LogP contribution in [0.2, 0.25) is 0 Å². The molecule has 0 fully saturated rings. The Hall–Kier alpha value is -1.76.